The maximum absolute atomic E-state index is 11.9. The minimum absolute atomic E-state index is 0.00381. The number of nitrogens with one attached hydrogen (secondary N) is 3. The predicted octanol–water partition coefficient (Wildman–Crippen LogP) is 1.58. The molecule has 0 unspecified atom stereocenters. The van der Waals surface area contributed by atoms with E-state index in [1.807, 2.05) is 27.7 Å². The van der Waals surface area contributed by atoms with Gasteiger partial charge in [0.05, 0.1) is 5.56 Å². The molecular weight excluding hydrogens is 310 g/mol. The van der Waals surface area contributed by atoms with Crippen LogP contribution in [0.3, 0.4) is 0 Å². The summed E-state index contributed by atoms with van der Waals surface area (Å²) in [6.07, 6.45) is 0. The number of amides is 3. The molecule has 0 spiro atoms. The fourth-order valence-corrected chi connectivity index (χ4v) is 1.83. The van der Waals surface area contributed by atoms with Crippen LogP contribution < -0.4 is 16.0 Å². The van der Waals surface area contributed by atoms with Crippen molar-refractivity contribution < 1.29 is 19.1 Å². The standard InChI is InChI=1S/C17H25N3O4/c1-11(2)19-15(21)10-24-16(22)14-7-5-13(6-8-14)9-18-17(23)20-12(3)4/h5-8,11-12H,9-10H2,1-4H3,(H,19,21)(H2,18,20,23). The van der Waals surface area contributed by atoms with Crippen LogP contribution in [0.4, 0.5) is 4.79 Å². The molecule has 0 aliphatic heterocycles. The van der Waals surface area contributed by atoms with E-state index in [1.165, 1.54) is 0 Å². The Labute approximate surface area is 142 Å². The van der Waals surface area contributed by atoms with Crippen molar-refractivity contribution in [2.75, 3.05) is 6.61 Å². The molecule has 3 amide bonds. The fraction of sp³-hybridized carbons (Fsp3) is 0.471. The average molecular weight is 335 g/mol. The van der Waals surface area contributed by atoms with Crippen LogP contribution in [0.5, 0.6) is 0 Å². The minimum Gasteiger partial charge on any atom is -0.452 e. The minimum atomic E-state index is -0.564. The molecule has 0 aromatic heterocycles. The first-order valence-corrected chi connectivity index (χ1v) is 7.87. The monoisotopic (exact) mass is 335 g/mol. The SMILES string of the molecule is CC(C)NC(=O)COC(=O)c1ccc(CNC(=O)NC(C)C)cc1. The zero-order chi connectivity index (χ0) is 18.1. The summed E-state index contributed by atoms with van der Waals surface area (Å²) in [5.41, 5.74) is 1.20. The Bertz CT molecular complexity index is 568. The molecule has 0 aliphatic rings. The van der Waals surface area contributed by atoms with E-state index in [0.717, 1.165) is 5.56 Å². The van der Waals surface area contributed by atoms with Crippen LogP contribution in [0, 0.1) is 0 Å². The van der Waals surface area contributed by atoms with Crippen LogP contribution in [-0.4, -0.2) is 36.6 Å². The molecule has 3 N–H and O–H groups in total. The lowest BCUT2D eigenvalue weighted by Crippen LogP contribution is -2.39. The van der Waals surface area contributed by atoms with Gasteiger partial charge in [-0.3, -0.25) is 4.79 Å². The number of hydrogen-bond acceptors (Lipinski definition) is 4. The van der Waals surface area contributed by atoms with Crippen LogP contribution in [0.1, 0.15) is 43.6 Å². The van der Waals surface area contributed by atoms with Gasteiger partial charge in [-0.05, 0) is 45.4 Å². The average Bonchev–Trinajstić information content (AvgIpc) is 2.50. The maximum atomic E-state index is 11.9. The second kappa shape index (κ2) is 9.54. The van der Waals surface area contributed by atoms with Crippen molar-refractivity contribution in [2.24, 2.45) is 0 Å². The van der Waals surface area contributed by atoms with E-state index in [4.69, 9.17) is 4.74 Å². The molecule has 0 saturated heterocycles. The first-order chi connectivity index (χ1) is 11.3. The summed E-state index contributed by atoms with van der Waals surface area (Å²) >= 11 is 0. The Hall–Kier alpha value is -2.57. The van der Waals surface area contributed by atoms with Gasteiger partial charge in [0, 0.05) is 18.6 Å². The smallest absolute Gasteiger partial charge is 0.338 e. The van der Waals surface area contributed by atoms with Crippen LogP contribution in [-0.2, 0) is 16.1 Å². The highest BCUT2D eigenvalue weighted by molar-refractivity contribution is 5.91. The lowest BCUT2D eigenvalue weighted by Gasteiger charge is -2.11. The Balaban J connectivity index is 2.44. The first-order valence-electron chi connectivity index (χ1n) is 7.87. The van der Waals surface area contributed by atoms with Gasteiger partial charge in [0.2, 0.25) is 0 Å². The fourth-order valence-electron chi connectivity index (χ4n) is 1.83. The van der Waals surface area contributed by atoms with E-state index in [9.17, 15) is 14.4 Å². The van der Waals surface area contributed by atoms with Crippen molar-refractivity contribution >= 4 is 17.9 Å². The Morgan fingerprint density at radius 1 is 0.958 bits per heavy atom. The lowest BCUT2D eigenvalue weighted by molar-refractivity contribution is -0.124. The number of urea groups is 1. The molecule has 0 fully saturated rings. The molecule has 24 heavy (non-hydrogen) atoms. The van der Waals surface area contributed by atoms with E-state index in [-0.39, 0.29) is 30.6 Å². The molecule has 132 valence electrons. The summed E-state index contributed by atoms with van der Waals surface area (Å²) in [5.74, 6) is -0.902. The van der Waals surface area contributed by atoms with Crippen molar-refractivity contribution in [3.63, 3.8) is 0 Å². The number of benzene rings is 1. The van der Waals surface area contributed by atoms with Crippen molar-refractivity contribution in [3.8, 4) is 0 Å². The summed E-state index contributed by atoms with van der Waals surface area (Å²) in [4.78, 5) is 34.8. The molecule has 0 heterocycles. The zero-order valence-electron chi connectivity index (χ0n) is 14.5. The molecule has 0 saturated carbocycles. The Morgan fingerprint density at radius 2 is 1.54 bits per heavy atom. The number of carbonyl (C=O) groups excluding carboxylic acids is 3. The van der Waals surface area contributed by atoms with Crippen LogP contribution in [0.2, 0.25) is 0 Å². The van der Waals surface area contributed by atoms with Crippen molar-refractivity contribution in [3.05, 3.63) is 35.4 Å². The summed E-state index contributed by atoms with van der Waals surface area (Å²) in [6, 6.07) is 6.46. The number of ether oxygens (including phenoxy) is 1. The van der Waals surface area contributed by atoms with Gasteiger partial charge in [-0.15, -0.1) is 0 Å². The van der Waals surface area contributed by atoms with Gasteiger partial charge < -0.3 is 20.7 Å². The third kappa shape index (κ3) is 7.62. The first kappa shape index (κ1) is 19.5. The topological polar surface area (TPSA) is 96.5 Å². The Kier molecular flexibility index (Phi) is 7.74. The second-order valence-corrected chi connectivity index (χ2v) is 5.98. The van der Waals surface area contributed by atoms with E-state index >= 15 is 0 Å². The van der Waals surface area contributed by atoms with E-state index in [0.29, 0.717) is 12.1 Å². The molecule has 0 bridgehead atoms. The molecule has 1 rings (SSSR count). The third-order valence-electron chi connectivity index (χ3n) is 2.85. The van der Waals surface area contributed by atoms with Crippen LogP contribution in [0.15, 0.2) is 24.3 Å². The van der Waals surface area contributed by atoms with Gasteiger partial charge in [0.25, 0.3) is 5.91 Å². The molecule has 1 aromatic carbocycles. The molecule has 7 nitrogen and oxygen atoms in total. The highest BCUT2D eigenvalue weighted by Gasteiger charge is 2.11. The maximum Gasteiger partial charge on any atom is 0.338 e. The molecule has 0 radical (unpaired) electrons. The summed E-state index contributed by atoms with van der Waals surface area (Å²) in [7, 11) is 0. The van der Waals surface area contributed by atoms with Gasteiger partial charge in [-0.25, -0.2) is 9.59 Å². The van der Waals surface area contributed by atoms with Gasteiger partial charge in [-0.2, -0.15) is 0 Å². The van der Waals surface area contributed by atoms with Crippen molar-refractivity contribution in [2.45, 2.75) is 46.3 Å². The highest BCUT2D eigenvalue weighted by Crippen LogP contribution is 2.06. The summed E-state index contributed by atoms with van der Waals surface area (Å²) < 4.78 is 4.94. The molecular formula is C17H25N3O4. The number of hydrogen-bond donors (Lipinski definition) is 3. The van der Waals surface area contributed by atoms with Crippen molar-refractivity contribution in [1.82, 2.24) is 16.0 Å². The van der Waals surface area contributed by atoms with E-state index < -0.39 is 5.97 Å². The second-order valence-electron chi connectivity index (χ2n) is 5.98. The van der Waals surface area contributed by atoms with Crippen LogP contribution in [0.25, 0.3) is 0 Å². The molecule has 0 aliphatic carbocycles. The van der Waals surface area contributed by atoms with Gasteiger partial charge >= 0.3 is 12.0 Å². The summed E-state index contributed by atoms with van der Waals surface area (Å²) in [5, 5.41) is 8.08. The van der Waals surface area contributed by atoms with Gasteiger partial charge in [-0.1, -0.05) is 12.1 Å². The van der Waals surface area contributed by atoms with E-state index in [2.05, 4.69) is 16.0 Å². The quantitative estimate of drug-likeness (QED) is 0.659. The van der Waals surface area contributed by atoms with Crippen molar-refractivity contribution in [1.29, 1.82) is 0 Å². The molecule has 0 atom stereocenters. The van der Waals surface area contributed by atoms with Gasteiger partial charge in [0.1, 0.15) is 0 Å². The Morgan fingerprint density at radius 3 is 2.08 bits per heavy atom. The zero-order valence-corrected chi connectivity index (χ0v) is 14.5. The number of rotatable bonds is 7. The normalized spacial score (nSPS) is 10.4. The summed E-state index contributed by atoms with van der Waals surface area (Å²) in [6.45, 7) is 7.45. The number of esters is 1. The molecule has 1 aromatic rings. The molecule has 7 heteroatoms. The third-order valence-corrected chi connectivity index (χ3v) is 2.85. The predicted molar refractivity (Wildman–Crippen MR) is 90.5 cm³/mol. The van der Waals surface area contributed by atoms with Crippen LogP contribution >= 0.6 is 0 Å². The van der Waals surface area contributed by atoms with E-state index in [1.54, 1.807) is 24.3 Å². The largest absolute Gasteiger partial charge is 0.452 e. The van der Waals surface area contributed by atoms with Gasteiger partial charge in [0.15, 0.2) is 6.61 Å². The lowest BCUT2D eigenvalue weighted by atomic mass is 10.1. The number of carbonyl (C=O) groups is 3. The highest BCUT2D eigenvalue weighted by atomic mass is 16.5.